The van der Waals surface area contributed by atoms with E-state index in [9.17, 15) is 9.59 Å². The van der Waals surface area contributed by atoms with Gasteiger partial charge < -0.3 is 9.47 Å². The summed E-state index contributed by atoms with van der Waals surface area (Å²) in [5.41, 5.74) is 0. The summed E-state index contributed by atoms with van der Waals surface area (Å²) in [6.07, 6.45) is 2.31. The van der Waals surface area contributed by atoms with E-state index in [1.165, 1.54) is 0 Å². The zero-order chi connectivity index (χ0) is 15.7. The Kier molecular flexibility index (Phi) is 7.66. The highest BCUT2D eigenvalue weighted by Gasteiger charge is 2.20. The third-order valence-corrected chi connectivity index (χ3v) is 2.92. The van der Waals surface area contributed by atoms with Crippen molar-refractivity contribution in [1.29, 1.82) is 0 Å². The molecule has 0 spiro atoms. The number of ether oxygens (including phenoxy) is 2. The van der Waals surface area contributed by atoms with Gasteiger partial charge in [-0.05, 0) is 7.05 Å². The summed E-state index contributed by atoms with van der Waals surface area (Å²) >= 11 is 0. The van der Waals surface area contributed by atoms with Crippen LogP contribution in [0.5, 0.6) is 0 Å². The van der Waals surface area contributed by atoms with Crippen molar-refractivity contribution < 1.29 is 19.1 Å². The molecule has 1 aliphatic heterocycles. The van der Waals surface area contributed by atoms with Crippen LogP contribution in [0.25, 0.3) is 0 Å². The minimum Gasteiger partial charge on any atom is -0.461 e. The number of rotatable bonds is 8. The number of carbonyl (C=O) groups is 2. The van der Waals surface area contributed by atoms with E-state index in [1.54, 1.807) is 0 Å². The van der Waals surface area contributed by atoms with Gasteiger partial charge in [-0.2, -0.15) is 0 Å². The first-order chi connectivity index (χ1) is 10.0. The summed E-state index contributed by atoms with van der Waals surface area (Å²) in [4.78, 5) is 28.4. The average molecular weight is 297 g/mol. The van der Waals surface area contributed by atoms with Gasteiger partial charge in [0.1, 0.15) is 13.2 Å². The van der Waals surface area contributed by atoms with Crippen LogP contribution in [0.2, 0.25) is 0 Å². The van der Waals surface area contributed by atoms with Crippen molar-refractivity contribution in [1.82, 2.24) is 14.7 Å². The van der Waals surface area contributed by atoms with Gasteiger partial charge >= 0.3 is 11.9 Å². The molecule has 0 aromatic rings. The standard InChI is InChI=1S/C14H23N3O4/c1-4-13(18)20-8-6-16-10-15(3)11-17(12-16)7-9-21-14(19)5-2/h4-5H,1-2,6-12H2,3H3. The largest absolute Gasteiger partial charge is 0.461 e. The molecule has 0 unspecified atom stereocenters. The van der Waals surface area contributed by atoms with Gasteiger partial charge in [0.15, 0.2) is 0 Å². The Balaban J connectivity index is 2.28. The Morgan fingerprint density at radius 1 is 0.952 bits per heavy atom. The van der Waals surface area contributed by atoms with Gasteiger partial charge in [0, 0.05) is 25.2 Å². The van der Waals surface area contributed by atoms with Crippen LogP contribution in [0.15, 0.2) is 25.3 Å². The van der Waals surface area contributed by atoms with Gasteiger partial charge in [-0.25, -0.2) is 9.59 Å². The summed E-state index contributed by atoms with van der Waals surface area (Å²) in [5, 5.41) is 0. The molecule has 0 N–H and O–H groups in total. The van der Waals surface area contributed by atoms with Gasteiger partial charge in [0.2, 0.25) is 0 Å². The number of esters is 2. The minimum atomic E-state index is -0.409. The highest BCUT2D eigenvalue weighted by atomic mass is 16.5. The molecular formula is C14H23N3O4. The van der Waals surface area contributed by atoms with E-state index in [0.717, 1.165) is 32.2 Å². The zero-order valence-corrected chi connectivity index (χ0v) is 12.5. The maximum Gasteiger partial charge on any atom is 0.330 e. The highest BCUT2D eigenvalue weighted by molar-refractivity contribution is 5.81. The van der Waals surface area contributed by atoms with Crippen LogP contribution in [0, 0.1) is 0 Å². The molecule has 0 amide bonds. The van der Waals surface area contributed by atoms with Crippen LogP contribution in [-0.4, -0.2) is 80.0 Å². The normalized spacial score (nSPS) is 17.2. The van der Waals surface area contributed by atoms with Crippen molar-refractivity contribution in [3.05, 3.63) is 25.3 Å². The fraction of sp³-hybridized carbons (Fsp3) is 0.571. The minimum absolute atomic E-state index is 0.331. The molecule has 1 saturated heterocycles. The lowest BCUT2D eigenvalue weighted by Gasteiger charge is -2.40. The predicted molar refractivity (Wildman–Crippen MR) is 78.1 cm³/mol. The van der Waals surface area contributed by atoms with Crippen LogP contribution in [0.1, 0.15) is 0 Å². The third kappa shape index (κ3) is 7.03. The number of hydrogen-bond acceptors (Lipinski definition) is 7. The van der Waals surface area contributed by atoms with Gasteiger partial charge in [-0.3, -0.25) is 14.7 Å². The van der Waals surface area contributed by atoms with Crippen LogP contribution >= 0.6 is 0 Å². The molecule has 21 heavy (non-hydrogen) atoms. The maximum atomic E-state index is 11.0. The molecular weight excluding hydrogens is 274 g/mol. The summed E-state index contributed by atoms with van der Waals surface area (Å²) in [7, 11) is 2.00. The maximum absolute atomic E-state index is 11.0. The summed E-state index contributed by atoms with van der Waals surface area (Å²) in [5.74, 6) is -0.817. The van der Waals surface area contributed by atoms with Gasteiger partial charge in [0.25, 0.3) is 0 Å². The molecule has 1 heterocycles. The van der Waals surface area contributed by atoms with Gasteiger partial charge in [0.05, 0.1) is 20.0 Å². The summed E-state index contributed by atoms with van der Waals surface area (Å²) in [6, 6.07) is 0. The fourth-order valence-electron chi connectivity index (χ4n) is 2.05. The summed E-state index contributed by atoms with van der Waals surface area (Å²) < 4.78 is 9.95. The molecule has 1 rings (SSSR count). The average Bonchev–Trinajstić information content (AvgIpc) is 2.46. The fourth-order valence-corrected chi connectivity index (χ4v) is 2.05. The van der Waals surface area contributed by atoms with E-state index >= 15 is 0 Å². The van der Waals surface area contributed by atoms with E-state index in [0.29, 0.717) is 26.3 Å². The molecule has 0 aromatic heterocycles. The lowest BCUT2D eigenvalue weighted by atomic mass is 10.4. The second kappa shape index (κ2) is 9.28. The van der Waals surface area contributed by atoms with E-state index in [2.05, 4.69) is 27.9 Å². The Morgan fingerprint density at radius 3 is 1.76 bits per heavy atom. The Labute approximate surface area is 125 Å². The van der Waals surface area contributed by atoms with E-state index in [-0.39, 0.29) is 0 Å². The molecule has 118 valence electrons. The monoisotopic (exact) mass is 297 g/mol. The van der Waals surface area contributed by atoms with E-state index < -0.39 is 11.9 Å². The van der Waals surface area contributed by atoms with Crippen molar-refractivity contribution >= 4 is 11.9 Å². The Morgan fingerprint density at radius 2 is 1.38 bits per heavy atom. The van der Waals surface area contributed by atoms with Crippen molar-refractivity contribution in [3.63, 3.8) is 0 Å². The Bertz CT molecular complexity index is 352. The second-order valence-electron chi connectivity index (χ2n) is 4.81. The highest BCUT2D eigenvalue weighted by Crippen LogP contribution is 2.05. The molecule has 0 saturated carbocycles. The number of hydrogen-bond donors (Lipinski definition) is 0. The number of nitrogens with zero attached hydrogens (tertiary/aromatic N) is 3. The van der Waals surface area contributed by atoms with Crippen molar-refractivity contribution in [2.45, 2.75) is 0 Å². The van der Waals surface area contributed by atoms with Crippen molar-refractivity contribution in [2.24, 2.45) is 0 Å². The first-order valence-corrected chi connectivity index (χ1v) is 6.76. The molecule has 0 bridgehead atoms. The van der Waals surface area contributed by atoms with E-state index in [4.69, 9.17) is 9.47 Å². The quantitative estimate of drug-likeness (QED) is 0.457. The second-order valence-corrected chi connectivity index (χ2v) is 4.81. The lowest BCUT2D eigenvalue weighted by molar-refractivity contribution is -0.139. The molecule has 0 atom stereocenters. The molecule has 7 heteroatoms. The van der Waals surface area contributed by atoms with Crippen molar-refractivity contribution in [2.75, 3.05) is 53.4 Å². The SMILES string of the molecule is C=CC(=O)OCCN1CN(C)CN(CCOC(=O)C=C)C1. The van der Waals surface area contributed by atoms with Crippen LogP contribution in [0.4, 0.5) is 0 Å². The van der Waals surface area contributed by atoms with Crippen LogP contribution in [0.3, 0.4) is 0 Å². The first-order valence-electron chi connectivity index (χ1n) is 6.76. The molecule has 0 radical (unpaired) electrons. The third-order valence-electron chi connectivity index (χ3n) is 2.92. The zero-order valence-electron chi connectivity index (χ0n) is 12.5. The van der Waals surface area contributed by atoms with Crippen LogP contribution < -0.4 is 0 Å². The summed E-state index contributed by atoms with van der Waals surface area (Å²) in [6.45, 7) is 11.0. The molecule has 0 aromatic carbocycles. The lowest BCUT2D eigenvalue weighted by Crippen LogP contribution is -2.54. The van der Waals surface area contributed by atoms with E-state index in [1.807, 2.05) is 7.05 Å². The molecule has 0 aliphatic carbocycles. The predicted octanol–water partition coefficient (Wildman–Crippen LogP) is -0.133. The van der Waals surface area contributed by atoms with Crippen LogP contribution in [-0.2, 0) is 19.1 Å². The molecule has 1 aliphatic rings. The van der Waals surface area contributed by atoms with Gasteiger partial charge in [-0.1, -0.05) is 13.2 Å². The molecule has 7 nitrogen and oxygen atoms in total. The number of carbonyl (C=O) groups excluding carboxylic acids is 2. The smallest absolute Gasteiger partial charge is 0.330 e. The van der Waals surface area contributed by atoms with Crippen molar-refractivity contribution in [3.8, 4) is 0 Å². The topological polar surface area (TPSA) is 62.3 Å². The first kappa shape index (κ1) is 17.4. The Hall–Kier alpha value is -1.70. The van der Waals surface area contributed by atoms with Gasteiger partial charge in [-0.15, -0.1) is 0 Å². The molecule has 1 fully saturated rings.